The van der Waals surface area contributed by atoms with E-state index in [1.807, 2.05) is 19.2 Å². The Kier molecular flexibility index (Phi) is 2.63. The van der Waals surface area contributed by atoms with E-state index in [1.165, 1.54) is 0 Å². The van der Waals surface area contributed by atoms with E-state index in [2.05, 4.69) is 27.1 Å². The molecule has 1 aromatic heterocycles. The number of nitrogens with zero attached hydrogens (tertiary/aromatic N) is 3. The predicted octanol–water partition coefficient (Wildman–Crippen LogP) is 0.583. The van der Waals surface area contributed by atoms with Gasteiger partial charge in [-0.3, -0.25) is 0 Å². The van der Waals surface area contributed by atoms with Crippen LogP contribution in [0.2, 0.25) is 0 Å². The summed E-state index contributed by atoms with van der Waals surface area (Å²) in [5.74, 6) is 0.860. The second-order valence-electron chi connectivity index (χ2n) is 3.74. The molecule has 0 radical (unpaired) electrons. The number of hydrogen-bond donors (Lipinski definition) is 1. The van der Waals surface area contributed by atoms with E-state index in [0.717, 1.165) is 31.3 Å². The summed E-state index contributed by atoms with van der Waals surface area (Å²) in [4.78, 5) is 11.0. The molecule has 1 N–H and O–H groups in total. The topological polar surface area (TPSA) is 41.1 Å². The van der Waals surface area contributed by atoms with Crippen LogP contribution < -0.4 is 10.2 Å². The highest BCUT2D eigenvalue weighted by atomic mass is 15.3. The number of anilines is 1. The number of aromatic nitrogens is 2. The smallest absolute Gasteiger partial charge is 0.225 e. The molecule has 4 nitrogen and oxygen atoms in total. The molecule has 76 valence electrons. The van der Waals surface area contributed by atoms with Crippen LogP contribution in [0.25, 0.3) is 0 Å². The Morgan fingerprint density at radius 1 is 1.57 bits per heavy atom. The molecule has 1 aliphatic heterocycles. The summed E-state index contributed by atoms with van der Waals surface area (Å²) in [5.41, 5.74) is 1.03. The Hall–Kier alpha value is -1.16. The Morgan fingerprint density at radius 2 is 2.43 bits per heavy atom. The standard InChI is InChI=1S/C10H16N4/c1-8-3-4-12-10(13-8)14-6-5-11-7-9(14)2/h3-4,9,11H,5-7H2,1-2H3/t9-/m1/s1. The highest BCUT2D eigenvalue weighted by molar-refractivity contribution is 5.32. The molecule has 0 amide bonds. The first kappa shape index (κ1) is 9.40. The summed E-state index contributed by atoms with van der Waals surface area (Å²) >= 11 is 0. The molecule has 14 heavy (non-hydrogen) atoms. The number of aryl methyl sites for hydroxylation is 1. The summed E-state index contributed by atoms with van der Waals surface area (Å²) < 4.78 is 0. The summed E-state index contributed by atoms with van der Waals surface area (Å²) in [6, 6.07) is 2.40. The molecule has 0 spiro atoms. The summed E-state index contributed by atoms with van der Waals surface area (Å²) in [7, 11) is 0. The molecule has 0 saturated carbocycles. The van der Waals surface area contributed by atoms with Crippen molar-refractivity contribution < 1.29 is 0 Å². The summed E-state index contributed by atoms with van der Waals surface area (Å²) in [6.07, 6.45) is 1.83. The third kappa shape index (κ3) is 1.85. The van der Waals surface area contributed by atoms with E-state index in [-0.39, 0.29) is 0 Å². The summed E-state index contributed by atoms with van der Waals surface area (Å²) in [5, 5.41) is 3.35. The molecule has 1 saturated heterocycles. The van der Waals surface area contributed by atoms with Crippen LogP contribution >= 0.6 is 0 Å². The fraction of sp³-hybridized carbons (Fsp3) is 0.600. The van der Waals surface area contributed by atoms with Crippen molar-refractivity contribution in [3.63, 3.8) is 0 Å². The monoisotopic (exact) mass is 192 g/mol. The van der Waals surface area contributed by atoms with Crippen molar-refractivity contribution in [1.29, 1.82) is 0 Å². The lowest BCUT2D eigenvalue weighted by molar-refractivity contribution is 0.492. The van der Waals surface area contributed by atoms with E-state index in [1.54, 1.807) is 0 Å². The first-order chi connectivity index (χ1) is 6.77. The quantitative estimate of drug-likeness (QED) is 0.707. The van der Waals surface area contributed by atoms with Crippen LogP contribution in [0.4, 0.5) is 5.95 Å². The van der Waals surface area contributed by atoms with Gasteiger partial charge in [-0.15, -0.1) is 0 Å². The second-order valence-corrected chi connectivity index (χ2v) is 3.74. The van der Waals surface area contributed by atoms with Crippen molar-refractivity contribution >= 4 is 5.95 Å². The maximum Gasteiger partial charge on any atom is 0.225 e. The average Bonchev–Trinajstić information content (AvgIpc) is 2.18. The van der Waals surface area contributed by atoms with Gasteiger partial charge in [-0.05, 0) is 19.9 Å². The SMILES string of the molecule is Cc1ccnc(N2CCNC[C@H]2C)n1. The Balaban J connectivity index is 2.20. The van der Waals surface area contributed by atoms with Gasteiger partial charge in [-0.1, -0.05) is 0 Å². The Bertz CT molecular complexity index is 313. The minimum atomic E-state index is 0.477. The second kappa shape index (κ2) is 3.92. The van der Waals surface area contributed by atoms with Gasteiger partial charge in [-0.2, -0.15) is 0 Å². The van der Waals surface area contributed by atoms with Crippen molar-refractivity contribution in [3.8, 4) is 0 Å². The van der Waals surface area contributed by atoms with Gasteiger partial charge in [-0.25, -0.2) is 9.97 Å². The molecule has 1 fully saturated rings. The van der Waals surface area contributed by atoms with E-state index in [9.17, 15) is 0 Å². The fourth-order valence-electron chi connectivity index (χ4n) is 1.71. The molecule has 2 rings (SSSR count). The first-order valence-electron chi connectivity index (χ1n) is 5.04. The van der Waals surface area contributed by atoms with E-state index < -0.39 is 0 Å². The number of piperazine rings is 1. The van der Waals surface area contributed by atoms with Crippen LogP contribution in [0.3, 0.4) is 0 Å². The third-order valence-electron chi connectivity index (χ3n) is 2.54. The molecule has 2 heterocycles. The minimum absolute atomic E-state index is 0.477. The predicted molar refractivity (Wildman–Crippen MR) is 56.4 cm³/mol. The Morgan fingerprint density at radius 3 is 3.14 bits per heavy atom. The van der Waals surface area contributed by atoms with Gasteiger partial charge >= 0.3 is 0 Å². The number of rotatable bonds is 1. The summed E-state index contributed by atoms with van der Waals surface area (Å²) in [6.45, 7) is 7.21. The van der Waals surface area contributed by atoms with Gasteiger partial charge < -0.3 is 10.2 Å². The molecule has 0 aliphatic carbocycles. The zero-order valence-electron chi connectivity index (χ0n) is 8.70. The largest absolute Gasteiger partial charge is 0.336 e. The average molecular weight is 192 g/mol. The van der Waals surface area contributed by atoms with Crippen LogP contribution in [0.1, 0.15) is 12.6 Å². The molecule has 0 aromatic carbocycles. The van der Waals surface area contributed by atoms with Gasteiger partial charge in [0.25, 0.3) is 0 Å². The highest BCUT2D eigenvalue weighted by Crippen LogP contribution is 2.12. The van der Waals surface area contributed by atoms with E-state index >= 15 is 0 Å². The maximum absolute atomic E-state index is 4.43. The number of nitrogens with one attached hydrogen (secondary N) is 1. The maximum atomic E-state index is 4.43. The minimum Gasteiger partial charge on any atom is -0.336 e. The van der Waals surface area contributed by atoms with Crippen LogP contribution in [0.15, 0.2) is 12.3 Å². The number of hydrogen-bond acceptors (Lipinski definition) is 4. The molecule has 0 bridgehead atoms. The van der Waals surface area contributed by atoms with Gasteiger partial charge in [0.05, 0.1) is 0 Å². The van der Waals surface area contributed by atoms with E-state index in [4.69, 9.17) is 0 Å². The molecule has 1 aromatic rings. The third-order valence-corrected chi connectivity index (χ3v) is 2.54. The van der Waals surface area contributed by atoms with Crippen molar-refractivity contribution in [1.82, 2.24) is 15.3 Å². The van der Waals surface area contributed by atoms with Gasteiger partial charge in [0.2, 0.25) is 5.95 Å². The highest BCUT2D eigenvalue weighted by Gasteiger charge is 2.19. The zero-order chi connectivity index (χ0) is 9.97. The molecule has 0 unspecified atom stereocenters. The van der Waals surface area contributed by atoms with Crippen LogP contribution in [-0.4, -0.2) is 35.6 Å². The van der Waals surface area contributed by atoms with Crippen LogP contribution in [0, 0.1) is 6.92 Å². The van der Waals surface area contributed by atoms with Gasteiger partial charge in [0.1, 0.15) is 0 Å². The van der Waals surface area contributed by atoms with E-state index in [0.29, 0.717) is 6.04 Å². The molecule has 1 aliphatic rings. The molecular formula is C10H16N4. The fourth-order valence-corrected chi connectivity index (χ4v) is 1.71. The lowest BCUT2D eigenvalue weighted by Crippen LogP contribution is -2.50. The van der Waals surface area contributed by atoms with Crippen molar-refractivity contribution in [2.24, 2.45) is 0 Å². The Labute approximate surface area is 84.4 Å². The zero-order valence-corrected chi connectivity index (χ0v) is 8.70. The van der Waals surface area contributed by atoms with Crippen molar-refractivity contribution in [3.05, 3.63) is 18.0 Å². The normalized spacial score (nSPS) is 22.4. The molecule has 1 atom stereocenters. The molecular weight excluding hydrogens is 176 g/mol. The van der Waals surface area contributed by atoms with Gasteiger partial charge in [0, 0.05) is 37.6 Å². The van der Waals surface area contributed by atoms with Gasteiger partial charge in [0.15, 0.2) is 0 Å². The first-order valence-corrected chi connectivity index (χ1v) is 5.04. The van der Waals surface area contributed by atoms with Crippen LogP contribution in [-0.2, 0) is 0 Å². The lowest BCUT2D eigenvalue weighted by atomic mass is 10.2. The van der Waals surface area contributed by atoms with Crippen molar-refractivity contribution in [2.45, 2.75) is 19.9 Å². The molecule has 4 heteroatoms. The van der Waals surface area contributed by atoms with Crippen molar-refractivity contribution in [2.75, 3.05) is 24.5 Å². The lowest BCUT2D eigenvalue weighted by Gasteiger charge is -2.33. The van der Waals surface area contributed by atoms with Crippen LogP contribution in [0.5, 0.6) is 0 Å².